The third kappa shape index (κ3) is 4.88. The van der Waals surface area contributed by atoms with E-state index in [0.29, 0.717) is 35.2 Å². The number of carbonyl (C=O) groups excluding carboxylic acids is 2. The zero-order valence-corrected chi connectivity index (χ0v) is 21.0. The van der Waals surface area contributed by atoms with Gasteiger partial charge in [0.15, 0.2) is 5.78 Å². The smallest absolute Gasteiger partial charge is 0.337 e. The first-order valence-corrected chi connectivity index (χ1v) is 12.7. The van der Waals surface area contributed by atoms with E-state index >= 15 is 0 Å². The fourth-order valence-corrected chi connectivity index (χ4v) is 5.76. The Morgan fingerprint density at radius 2 is 1.65 bits per heavy atom. The minimum atomic E-state index is -0.643. The molecule has 192 valence electrons. The molecule has 37 heavy (non-hydrogen) atoms. The summed E-state index contributed by atoms with van der Waals surface area (Å²) in [5, 5.41) is 14.6. The zero-order chi connectivity index (χ0) is 26.1. The zero-order valence-electron chi connectivity index (χ0n) is 21.0. The highest BCUT2D eigenvalue weighted by Gasteiger charge is 2.42. The second-order valence-corrected chi connectivity index (χ2v) is 9.95. The lowest BCUT2D eigenvalue weighted by atomic mass is 9.71. The SMILES string of the molecule is COc1ccc([C@@H]2CC(=O)C3=C(C2)NC(C)=C(C(=O)OC2CCCC2)[C@H]3c2ccc([N+](=O)[O-])cc2)cc1. The molecule has 0 unspecified atom stereocenters. The van der Waals surface area contributed by atoms with E-state index < -0.39 is 16.8 Å². The van der Waals surface area contributed by atoms with Gasteiger partial charge < -0.3 is 14.8 Å². The minimum absolute atomic E-state index is 0.0121. The Hall–Kier alpha value is -3.94. The average molecular weight is 503 g/mol. The maximum atomic E-state index is 13.7. The predicted molar refractivity (Wildman–Crippen MR) is 137 cm³/mol. The van der Waals surface area contributed by atoms with Gasteiger partial charge in [-0.1, -0.05) is 24.3 Å². The van der Waals surface area contributed by atoms with Crippen LogP contribution in [-0.2, 0) is 14.3 Å². The molecule has 1 aliphatic heterocycles. The van der Waals surface area contributed by atoms with Gasteiger partial charge in [-0.15, -0.1) is 0 Å². The van der Waals surface area contributed by atoms with Crippen molar-refractivity contribution in [1.82, 2.24) is 5.32 Å². The molecule has 2 aromatic rings. The quantitative estimate of drug-likeness (QED) is 0.318. The summed E-state index contributed by atoms with van der Waals surface area (Å²) in [6.07, 6.45) is 4.52. The van der Waals surface area contributed by atoms with Crippen molar-refractivity contribution >= 4 is 17.4 Å². The first-order valence-electron chi connectivity index (χ1n) is 12.7. The Kier molecular flexibility index (Phi) is 6.82. The number of nitrogens with one attached hydrogen (secondary N) is 1. The molecule has 0 radical (unpaired) electrons. The van der Waals surface area contributed by atoms with Gasteiger partial charge in [-0.25, -0.2) is 4.79 Å². The molecule has 0 bridgehead atoms. The summed E-state index contributed by atoms with van der Waals surface area (Å²) in [6, 6.07) is 13.8. The molecule has 0 aromatic heterocycles. The van der Waals surface area contributed by atoms with E-state index in [1.807, 2.05) is 31.2 Å². The standard InChI is InChI=1S/C29H30N2O6/c1-17-26(29(33)37-23-5-3-4-6-23)27(19-7-11-21(12-8-19)31(34)35)28-24(30-17)15-20(16-25(28)32)18-9-13-22(36-2)14-10-18/h7-14,20,23,27,30H,3-6,15-16H2,1-2H3/t20-,27+/m0/s1. The normalized spacial score (nSPS) is 21.9. The number of nitro groups is 1. The molecule has 1 fully saturated rings. The number of non-ortho nitro benzene ring substituents is 1. The Morgan fingerprint density at radius 3 is 2.27 bits per heavy atom. The van der Waals surface area contributed by atoms with Crippen molar-refractivity contribution in [2.75, 3.05) is 7.11 Å². The van der Waals surface area contributed by atoms with Crippen molar-refractivity contribution in [2.24, 2.45) is 0 Å². The van der Waals surface area contributed by atoms with Gasteiger partial charge >= 0.3 is 5.97 Å². The summed E-state index contributed by atoms with van der Waals surface area (Å²) in [7, 11) is 1.62. The van der Waals surface area contributed by atoms with Gasteiger partial charge in [-0.3, -0.25) is 14.9 Å². The van der Waals surface area contributed by atoms with E-state index in [9.17, 15) is 19.7 Å². The average Bonchev–Trinajstić information content (AvgIpc) is 3.40. The van der Waals surface area contributed by atoms with Crippen LogP contribution in [0.2, 0.25) is 0 Å². The number of allylic oxidation sites excluding steroid dienone is 3. The highest BCUT2D eigenvalue weighted by Crippen LogP contribution is 2.46. The van der Waals surface area contributed by atoms with Crippen LogP contribution in [0, 0.1) is 10.1 Å². The number of Topliss-reactive ketones (excluding diaryl/α,β-unsaturated/α-hetero) is 1. The van der Waals surface area contributed by atoms with Crippen molar-refractivity contribution in [3.63, 3.8) is 0 Å². The van der Waals surface area contributed by atoms with Crippen molar-refractivity contribution in [3.8, 4) is 5.75 Å². The Bertz CT molecular complexity index is 1290. The third-order valence-electron chi connectivity index (χ3n) is 7.65. The molecule has 5 rings (SSSR count). The van der Waals surface area contributed by atoms with Crippen LogP contribution in [0.1, 0.15) is 68.4 Å². The van der Waals surface area contributed by atoms with E-state index in [-0.39, 0.29) is 23.5 Å². The van der Waals surface area contributed by atoms with Crippen LogP contribution in [0.3, 0.4) is 0 Å². The number of dihydropyridines is 1. The fourth-order valence-electron chi connectivity index (χ4n) is 5.76. The maximum Gasteiger partial charge on any atom is 0.337 e. The lowest BCUT2D eigenvalue weighted by Crippen LogP contribution is -2.36. The van der Waals surface area contributed by atoms with Gasteiger partial charge in [0.25, 0.3) is 5.69 Å². The number of hydrogen-bond donors (Lipinski definition) is 1. The number of nitro benzene ring substituents is 1. The van der Waals surface area contributed by atoms with E-state index in [1.165, 1.54) is 12.1 Å². The first kappa shape index (κ1) is 24.7. The number of ketones is 1. The van der Waals surface area contributed by atoms with Gasteiger partial charge in [0.2, 0.25) is 0 Å². The lowest BCUT2D eigenvalue weighted by molar-refractivity contribution is -0.384. The third-order valence-corrected chi connectivity index (χ3v) is 7.65. The molecule has 1 heterocycles. The molecule has 2 aromatic carbocycles. The second kappa shape index (κ2) is 10.2. The molecule has 2 aliphatic carbocycles. The molecule has 1 N–H and O–H groups in total. The number of carbonyl (C=O) groups is 2. The molecule has 0 amide bonds. The lowest BCUT2D eigenvalue weighted by Gasteiger charge is -2.37. The number of rotatable bonds is 6. The van der Waals surface area contributed by atoms with Crippen molar-refractivity contribution in [3.05, 3.63) is 92.3 Å². The molecule has 0 saturated heterocycles. The van der Waals surface area contributed by atoms with Crippen molar-refractivity contribution in [1.29, 1.82) is 0 Å². The monoisotopic (exact) mass is 502 g/mol. The molecule has 1 saturated carbocycles. The molecular weight excluding hydrogens is 472 g/mol. The molecular formula is C29H30N2O6. The summed E-state index contributed by atoms with van der Waals surface area (Å²) in [6.45, 7) is 1.83. The van der Waals surface area contributed by atoms with Crippen LogP contribution >= 0.6 is 0 Å². The fraction of sp³-hybridized carbons (Fsp3) is 0.379. The first-order chi connectivity index (χ1) is 17.9. The largest absolute Gasteiger partial charge is 0.497 e. The number of esters is 1. The summed E-state index contributed by atoms with van der Waals surface area (Å²) >= 11 is 0. The topological polar surface area (TPSA) is 108 Å². The van der Waals surface area contributed by atoms with Gasteiger partial charge in [-0.05, 0) is 68.2 Å². The summed E-state index contributed by atoms with van der Waals surface area (Å²) < 4.78 is 11.1. The number of nitrogens with zero attached hydrogens (tertiary/aromatic N) is 1. The van der Waals surface area contributed by atoms with Crippen LogP contribution in [-0.4, -0.2) is 29.9 Å². The number of benzene rings is 2. The van der Waals surface area contributed by atoms with Gasteiger partial charge in [0.05, 0.1) is 17.6 Å². The second-order valence-electron chi connectivity index (χ2n) is 9.95. The van der Waals surface area contributed by atoms with Gasteiger partial charge in [0, 0.05) is 41.4 Å². The van der Waals surface area contributed by atoms with E-state index in [4.69, 9.17) is 9.47 Å². The van der Waals surface area contributed by atoms with Crippen LogP contribution in [0.5, 0.6) is 5.75 Å². The van der Waals surface area contributed by atoms with E-state index in [1.54, 1.807) is 19.2 Å². The Balaban J connectivity index is 1.53. The Morgan fingerprint density at radius 1 is 1.00 bits per heavy atom. The number of methoxy groups -OCH3 is 1. The van der Waals surface area contributed by atoms with Crippen LogP contribution in [0.4, 0.5) is 5.69 Å². The summed E-state index contributed by atoms with van der Waals surface area (Å²) in [4.78, 5) is 38.0. The number of hydrogen-bond acceptors (Lipinski definition) is 7. The van der Waals surface area contributed by atoms with Gasteiger partial charge in [0.1, 0.15) is 11.9 Å². The molecule has 2 atom stereocenters. The summed E-state index contributed by atoms with van der Waals surface area (Å²) in [5.41, 5.74) is 4.04. The predicted octanol–water partition coefficient (Wildman–Crippen LogP) is 5.45. The van der Waals surface area contributed by atoms with Crippen molar-refractivity contribution < 1.29 is 24.0 Å². The molecule has 0 spiro atoms. The highest BCUT2D eigenvalue weighted by molar-refractivity contribution is 6.04. The van der Waals surface area contributed by atoms with E-state index in [0.717, 1.165) is 42.7 Å². The number of ether oxygens (including phenoxy) is 2. The molecule has 3 aliphatic rings. The van der Waals surface area contributed by atoms with Crippen LogP contribution in [0.25, 0.3) is 0 Å². The van der Waals surface area contributed by atoms with Crippen LogP contribution < -0.4 is 10.1 Å². The molecule has 8 heteroatoms. The summed E-state index contributed by atoms with van der Waals surface area (Å²) in [5.74, 6) is -0.380. The maximum absolute atomic E-state index is 13.7. The Labute approximate surface area is 215 Å². The minimum Gasteiger partial charge on any atom is -0.497 e. The molecule has 8 nitrogen and oxygen atoms in total. The van der Waals surface area contributed by atoms with E-state index in [2.05, 4.69) is 5.32 Å². The highest BCUT2D eigenvalue weighted by atomic mass is 16.6. The van der Waals surface area contributed by atoms with Gasteiger partial charge in [-0.2, -0.15) is 0 Å². The van der Waals surface area contributed by atoms with Crippen molar-refractivity contribution in [2.45, 2.75) is 63.4 Å². The van der Waals surface area contributed by atoms with Crippen LogP contribution in [0.15, 0.2) is 71.1 Å².